The monoisotopic (exact) mass is 238 g/mol. The molecule has 2 nitrogen and oxygen atoms in total. The summed E-state index contributed by atoms with van der Waals surface area (Å²) in [6, 6.07) is 0. The summed E-state index contributed by atoms with van der Waals surface area (Å²) in [6.45, 7) is 5.33. The number of hydrogen-bond donors (Lipinski definition) is 1. The normalized spacial score (nSPS) is 12.4. The van der Waals surface area contributed by atoms with E-state index in [-0.39, 0.29) is 0 Å². The zero-order chi connectivity index (χ0) is 11.5. The van der Waals surface area contributed by atoms with Gasteiger partial charge >= 0.3 is 6.18 Å². The van der Waals surface area contributed by atoms with Crippen LogP contribution in [0, 0.1) is 5.92 Å². The van der Waals surface area contributed by atoms with Gasteiger partial charge in [0.05, 0.1) is 0 Å². The first-order valence-electron chi connectivity index (χ1n) is 4.62. The first kappa shape index (κ1) is 12.4. The molecule has 1 aromatic rings. The zero-order valence-electron chi connectivity index (χ0n) is 8.56. The van der Waals surface area contributed by atoms with Crippen LogP contribution in [-0.2, 0) is 12.7 Å². The summed E-state index contributed by atoms with van der Waals surface area (Å²) in [6.07, 6.45) is -3.04. The summed E-state index contributed by atoms with van der Waals surface area (Å²) in [7, 11) is 0. The van der Waals surface area contributed by atoms with Gasteiger partial charge in [-0.1, -0.05) is 13.8 Å². The molecule has 0 atom stereocenters. The average Bonchev–Trinajstić information content (AvgIpc) is 2.51. The quantitative estimate of drug-likeness (QED) is 0.872. The lowest BCUT2D eigenvalue weighted by molar-refractivity contribution is -0.137. The SMILES string of the molecule is CC(C)CNCc1cnc(C(F)(F)F)s1. The third-order valence-corrected chi connectivity index (χ3v) is 2.69. The molecule has 1 rings (SSSR count). The Balaban J connectivity index is 2.47. The molecule has 0 fully saturated rings. The number of rotatable bonds is 4. The van der Waals surface area contributed by atoms with Crippen molar-refractivity contribution in [2.24, 2.45) is 5.92 Å². The summed E-state index contributed by atoms with van der Waals surface area (Å²) >= 11 is 0.693. The summed E-state index contributed by atoms with van der Waals surface area (Å²) in [4.78, 5) is 3.95. The molecule has 0 radical (unpaired) electrons. The summed E-state index contributed by atoms with van der Waals surface area (Å²) < 4.78 is 36.5. The number of hydrogen-bond acceptors (Lipinski definition) is 3. The second-order valence-corrected chi connectivity index (χ2v) is 4.77. The second-order valence-electron chi connectivity index (χ2n) is 3.65. The minimum absolute atomic E-state index is 0.450. The Morgan fingerprint density at radius 1 is 1.47 bits per heavy atom. The number of alkyl halides is 3. The highest BCUT2D eigenvalue weighted by Gasteiger charge is 2.34. The molecular formula is C9H13F3N2S. The van der Waals surface area contributed by atoms with Crippen LogP contribution in [0.1, 0.15) is 23.7 Å². The maximum atomic E-state index is 12.2. The van der Waals surface area contributed by atoms with Crippen LogP contribution in [0.15, 0.2) is 6.20 Å². The van der Waals surface area contributed by atoms with Crippen molar-refractivity contribution < 1.29 is 13.2 Å². The fourth-order valence-electron chi connectivity index (χ4n) is 1.00. The molecule has 86 valence electrons. The smallest absolute Gasteiger partial charge is 0.312 e. The summed E-state index contributed by atoms with van der Waals surface area (Å²) in [5.41, 5.74) is 0. The third kappa shape index (κ3) is 4.17. The molecule has 0 aromatic carbocycles. The van der Waals surface area contributed by atoms with Crippen LogP contribution in [-0.4, -0.2) is 11.5 Å². The lowest BCUT2D eigenvalue weighted by Crippen LogP contribution is -2.18. The fourth-order valence-corrected chi connectivity index (χ4v) is 1.75. The molecule has 1 N–H and O–H groups in total. The standard InChI is InChI=1S/C9H13F3N2S/c1-6(2)3-13-4-7-5-14-8(15-7)9(10,11)12/h5-6,13H,3-4H2,1-2H3. The zero-order valence-corrected chi connectivity index (χ0v) is 9.37. The largest absolute Gasteiger partial charge is 0.443 e. The number of aromatic nitrogens is 1. The summed E-state index contributed by atoms with van der Waals surface area (Å²) in [5, 5.41) is 2.29. The number of halogens is 3. The molecular weight excluding hydrogens is 225 g/mol. The van der Waals surface area contributed by atoms with E-state index in [4.69, 9.17) is 0 Å². The molecule has 1 aromatic heterocycles. The van der Waals surface area contributed by atoms with Gasteiger partial charge in [-0.05, 0) is 12.5 Å². The fraction of sp³-hybridized carbons (Fsp3) is 0.667. The molecule has 1 heterocycles. The van der Waals surface area contributed by atoms with Crippen molar-refractivity contribution in [3.8, 4) is 0 Å². The third-order valence-electron chi connectivity index (χ3n) is 1.65. The van der Waals surface area contributed by atoms with Gasteiger partial charge in [0, 0.05) is 17.6 Å². The highest BCUT2D eigenvalue weighted by atomic mass is 32.1. The van der Waals surface area contributed by atoms with E-state index in [9.17, 15) is 13.2 Å². The number of nitrogens with zero attached hydrogens (tertiary/aromatic N) is 1. The van der Waals surface area contributed by atoms with Gasteiger partial charge < -0.3 is 5.32 Å². The van der Waals surface area contributed by atoms with Crippen molar-refractivity contribution in [2.45, 2.75) is 26.6 Å². The van der Waals surface area contributed by atoms with Crippen molar-refractivity contribution in [3.05, 3.63) is 16.1 Å². The van der Waals surface area contributed by atoms with E-state index in [1.54, 1.807) is 0 Å². The van der Waals surface area contributed by atoms with E-state index in [1.165, 1.54) is 6.20 Å². The van der Waals surface area contributed by atoms with E-state index in [1.807, 2.05) is 13.8 Å². The Bertz CT molecular complexity index is 307. The Hall–Kier alpha value is -0.620. The minimum Gasteiger partial charge on any atom is -0.312 e. The van der Waals surface area contributed by atoms with Crippen LogP contribution in [0.3, 0.4) is 0 Å². The van der Waals surface area contributed by atoms with E-state index < -0.39 is 11.2 Å². The van der Waals surface area contributed by atoms with Crippen LogP contribution >= 0.6 is 11.3 Å². The maximum Gasteiger partial charge on any atom is 0.443 e. The van der Waals surface area contributed by atoms with E-state index in [2.05, 4.69) is 10.3 Å². The van der Waals surface area contributed by atoms with Crippen LogP contribution in [0.5, 0.6) is 0 Å². The molecule has 6 heteroatoms. The molecule has 0 saturated heterocycles. The maximum absolute atomic E-state index is 12.2. The van der Waals surface area contributed by atoms with Crippen molar-refractivity contribution in [2.75, 3.05) is 6.54 Å². The number of nitrogens with one attached hydrogen (secondary N) is 1. The second kappa shape index (κ2) is 4.94. The molecule has 0 aliphatic heterocycles. The van der Waals surface area contributed by atoms with Crippen molar-refractivity contribution in [1.82, 2.24) is 10.3 Å². The molecule has 0 unspecified atom stereocenters. The number of thiazole rings is 1. The molecule has 0 spiro atoms. The van der Waals surface area contributed by atoms with Crippen LogP contribution in [0.2, 0.25) is 0 Å². The van der Waals surface area contributed by atoms with E-state index in [0.717, 1.165) is 6.54 Å². The van der Waals surface area contributed by atoms with Gasteiger partial charge in [-0.25, -0.2) is 4.98 Å². The van der Waals surface area contributed by atoms with Gasteiger partial charge in [0.2, 0.25) is 0 Å². The first-order valence-corrected chi connectivity index (χ1v) is 5.44. The predicted octanol–water partition coefficient (Wildman–Crippen LogP) is 2.91. The Morgan fingerprint density at radius 3 is 2.60 bits per heavy atom. The van der Waals surface area contributed by atoms with Crippen LogP contribution < -0.4 is 5.32 Å². The lowest BCUT2D eigenvalue weighted by atomic mass is 10.2. The van der Waals surface area contributed by atoms with Crippen LogP contribution in [0.25, 0.3) is 0 Å². The van der Waals surface area contributed by atoms with Gasteiger partial charge in [0.1, 0.15) is 0 Å². The van der Waals surface area contributed by atoms with E-state index in [0.29, 0.717) is 28.7 Å². The first-order chi connectivity index (χ1) is 6.89. The lowest BCUT2D eigenvalue weighted by Gasteiger charge is -2.04. The molecule has 0 aliphatic rings. The van der Waals surface area contributed by atoms with Gasteiger partial charge in [0.15, 0.2) is 5.01 Å². The molecule has 0 amide bonds. The Morgan fingerprint density at radius 2 is 2.13 bits per heavy atom. The van der Waals surface area contributed by atoms with Gasteiger partial charge in [-0.3, -0.25) is 0 Å². The highest BCUT2D eigenvalue weighted by molar-refractivity contribution is 7.11. The van der Waals surface area contributed by atoms with Crippen molar-refractivity contribution in [1.29, 1.82) is 0 Å². The summed E-state index contributed by atoms with van der Waals surface area (Å²) in [5.74, 6) is 0.486. The Kier molecular flexibility index (Phi) is 4.10. The highest BCUT2D eigenvalue weighted by Crippen LogP contribution is 2.32. The molecule has 0 saturated carbocycles. The van der Waals surface area contributed by atoms with Gasteiger partial charge in [-0.2, -0.15) is 13.2 Å². The van der Waals surface area contributed by atoms with Crippen molar-refractivity contribution in [3.63, 3.8) is 0 Å². The molecule has 0 aliphatic carbocycles. The topological polar surface area (TPSA) is 24.9 Å². The average molecular weight is 238 g/mol. The molecule has 0 bridgehead atoms. The Labute approximate surface area is 90.5 Å². The van der Waals surface area contributed by atoms with Gasteiger partial charge in [-0.15, -0.1) is 11.3 Å². The van der Waals surface area contributed by atoms with Crippen LogP contribution in [0.4, 0.5) is 13.2 Å². The molecule has 15 heavy (non-hydrogen) atoms. The predicted molar refractivity (Wildman–Crippen MR) is 53.7 cm³/mol. The van der Waals surface area contributed by atoms with Crippen molar-refractivity contribution >= 4 is 11.3 Å². The van der Waals surface area contributed by atoms with E-state index >= 15 is 0 Å². The minimum atomic E-state index is -4.32. The van der Waals surface area contributed by atoms with Gasteiger partial charge in [0.25, 0.3) is 0 Å².